The maximum atomic E-state index is 12.6. The molecule has 1 saturated heterocycles. The molecule has 1 amide bonds. The van der Waals surface area contributed by atoms with E-state index in [-0.39, 0.29) is 23.5 Å². The number of aryl methyl sites for hydroxylation is 3. The highest BCUT2D eigenvalue weighted by Gasteiger charge is 2.36. The highest BCUT2D eigenvalue weighted by molar-refractivity contribution is 5.93. The van der Waals surface area contributed by atoms with Crippen LogP contribution in [0.3, 0.4) is 0 Å². The van der Waals surface area contributed by atoms with E-state index in [1.54, 1.807) is 37.1 Å². The summed E-state index contributed by atoms with van der Waals surface area (Å²) in [6.07, 6.45) is 5.61. The number of nitrogens with one attached hydrogen (secondary N) is 1. The minimum Gasteiger partial charge on any atom is -0.373 e. The third kappa shape index (κ3) is 3.05. The minimum atomic E-state index is -0.280. The summed E-state index contributed by atoms with van der Waals surface area (Å²) in [5.41, 5.74) is 2.05. The number of aromatic nitrogens is 3. The molecule has 0 spiro atoms. The molecule has 1 fully saturated rings. The Balaban J connectivity index is 1.78. The molecule has 122 valence electrons. The van der Waals surface area contributed by atoms with Gasteiger partial charge in [-0.2, -0.15) is 5.10 Å². The van der Waals surface area contributed by atoms with Gasteiger partial charge >= 0.3 is 0 Å². The molecule has 7 nitrogen and oxygen atoms in total. The smallest absolute Gasteiger partial charge is 0.253 e. The normalized spacial score (nSPS) is 20.7. The summed E-state index contributed by atoms with van der Waals surface area (Å²) in [7, 11) is 3.50. The molecule has 2 aromatic heterocycles. The second-order valence-corrected chi connectivity index (χ2v) is 5.95. The number of carbonyl (C=O) groups excluding carboxylic acids is 1. The zero-order chi connectivity index (χ0) is 16.6. The average molecular weight is 316 g/mol. The SMILES string of the molecule is Cc1cc(NC(=O)[C@H]2CCO[C@@H]2c2cnn(C)c2)cn(C)c1=O. The van der Waals surface area contributed by atoms with Crippen LogP contribution < -0.4 is 10.9 Å². The largest absolute Gasteiger partial charge is 0.373 e. The number of nitrogens with zero attached hydrogens (tertiary/aromatic N) is 3. The molecule has 3 heterocycles. The van der Waals surface area contributed by atoms with Gasteiger partial charge in [-0.3, -0.25) is 14.3 Å². The van der Waals surface area contributed by atoms with Crippen molar-refractivity contribution in [3.05, 3.63) is 46.1 Å². The van der Waals surface area contributed by atoms with Crippen molar-refractivity contribution in [3.63, 3.8) is 0 Å². The third-order valence-corrected chi connectivity index (χ3v) is 4.11. The monoisotopic (exact) mass is 316 g/mol. The molecule has 0 aromatic carbocycles. The van der Waals surface area contributed by atoms with Crippen LogP contribution in [0, 0.1) is 12.8 Å². The highest BCUT2D eigenvalue weighted by Crippen LogP contribution is 2.35. The van der Waals surface area contributed by atoms with Gasteiger partial charge in [-0.15, -0.1) is 0 Å². The first kappa shape index (κ1) is 15.5. The van der Waals surface area contributed by atoms with Gasteiger partial charge in [-0.1, -0.05) is 0 Å². The quantitative estimate of drug-likeness (QED) is 0.921. The molecule has 0 radical (unpaired) electrons. The topological polar surface area (TPSA) is 78.2 Å². The van der Waals surface area contributed by atoms with Crippen LogP contribution in [0.5, 0.6) is 0 Å². The van der Waals surface area contributed by atoms with E-state index in [1.807, 2.05) is 13.2 Å². The number of carbonyl (C=O) groups is 1. The lowest BCUT2D eigenvalue weighted by molar-refractivity contribution is -0.121. The number of anilines is 1. The van der Waals surface area contributed by atoms with Gasteiger partial charge in [-0.05, 0) is 19.4 Å². The van der Waals surface area contributed by atoms with Gasteiger partial charge in [0, 0.05) is 44.2 Å². The van der Waals surface area contributed by atoms with E-state index in [9.17, 15) is 9.59 Å². The molecule has 7 heteroatoms. The first-order valence-electron chi connectivity index (χ1n) is 7.54. The lowest BCUT2D eigenvalue weighted by atomic mass is 9.96. The van der Waals surface area contributed by atoms with Crippen molar-refractivity contribution in [3.8, 4) is 0 Å². The van der Waals surface area contributed by atoms with Crippen molar-refractivity contribution < 1.29 is 9.53 Å². The molecule has 2 aromatic rings. The van der Waals surface area contributed by atoms with E-state index in [0.29, 0.717) is 24.3 Å². The molecule has 0 unspecified atom stereocenters. The van der Waals surface area contributed by atoms with Crippen LogP contribution >= 0.6 is 0 Å². The molecule has 23 heavy (non-hydrogen) atoms. The molecule has 3 rings (SSSR count). The van der Waals surface area contributed by atoms with E-state index < -0.39 is 0 Å². The second kappa shape index (κ2) is 6.00. The number of pyridine rings is 1. The first-order chi connectivity index (χ1) is 11.0. The Morgan fingerprint density at radius 3 is 2.83 bits per heavy atom. The fourth-order valence-electron chi connectivity index (χ4n) is 2.95. The third-order valence-electron chi connectivity index (χ3n) is 4.11. The summed E-state index contributed by atoms with van der Waals surface area (Å²) >= 11 is 0. The second-order valence-electron chi connectivity index (χ2n) is 5.95. The van der Waals surface area contributed by atoms with E-state index in [0.717, 1.165) is 5.56 Å². The Hall–Kier alpha value is -2.41. The summed E-state index contributed by atoms with van der Waals surface area (Å²) in [6.45, 7) is 2.28. The summed E-state index contributed by atoms with van der Waals surface area (Å²) in [5, 5.41) is 7.03. The maximum Gasteiger partial charge on any atom is 0.253 e. The summed E-state index contributed by atoms with van der Waals surface area (Å²) in [6, 6.07) is 1.69. The van der Waals surface area contributed by atoms with Crippen LogP contribution in [0.15, 0.2) is 29.5 Å². The molecule has 0 saturated carbocycles. The predicted molar refractivity (Wildman–Crippen MR) is 85.1 cm³/mol. The molecule has 1 N–H and O–H groups in total. The Labute approximate surface area is 133 Å². The molecule has 1 aliphatic heterocycles. The van der Waals surface area contributed by atoms with Crippen molar-refractivity contribution >= 4 is 11.6 Å². The van der Waals surface area contributed by atoms with Crippen LogP contribution in [0.25, 0.3) is 0 Å². The molecule has 0 bridgehead atoms. The van der Waals surface area contributed by atoms with Crippen molar-refractivity contribution in [2.75, 3.05) is 11.9 Å². The lowest BCUT2D eigenvalue weighted by Gasteiger charge is -2.17. The fourth-order valence-corrected chi connectivity index (χ4v) is 2.95. The van der Waals surface area contributed by atoms with Crippen LogP contribution in [0.1, 0.15) is 23.7 Å². The van der Waals surface area contributed by atoms with Crippen molar-refractivity contribution in [1.82, 2.24) is 14.3 Å². The number of rotatable bonds is 3. The number of ether oxygens (including phenoxy) is 1. The summed E-state index contributed by atoms with van der Waals surface area (Å²) in [5.74, 6) is -0.369. The maximum absolute atomic E-state index is 12.6. The zero-order valence-corrected chi connectivity index (χ0v) is 13.4. The average Bonchev–Trinajstić information content (AvgIpc) is 3.12. The molecular weight excluding hydrogens is 296 g/mol. The van der Waals surface area contributed by atoms with Gasteiger partial charge < -0.3 is 14.6 Å². The van der Waals surface area contributed by atoms with E-state index in [2.05, 4.69) is 10.4 Å². The van der Waals surface area contributed by atoms with E-state index in [4.69, 9.17) is 4.74 Å². The van der Waals surface area contributed by atoms with Gasteiger partial charge in [0.15, 0.2) is 0 Å². The van der Waals surface area contributed by atoms with Crippen molar-refractivity contribution in [1.29, 1.82) is 0 Å². The number of hydrogen-bond donors (Lipinski definition) is 1. The Bertz CT molecular complexity index is 767. The summed E-state index contributed by atoms with van der Waals surface area (Å²) in [4.78, 5) is 24.3. The minimum absolute atomic E-state index is 0.0690. The van der Waals surface area contributed by atoms with E-state index in [1.165, 1.54) is 4.57 Å². The van der Waals surface area contributed by atoms with Crippen LogP contribution in [0.2, 0.25) is 0 Å². The standard InChI is InChI=1S/C16H20N4O3/c1-10-6-12(9-19(2)16(10)22)18-15(21)13-4-5-23-14(13)11-7-17-20(3)8-11/h6-9,13-14H,4-5H2,1-3H3,(H,18,21)/t13-,14+/m0/s1. The fraction of sp³-hybridized carbons (Fsp3) is 0.438. The van der Waals surface area contributed by atoms with Gasteiger partial charge in [0.1, 0.15) is 0 Å². The van der Waals surface area contributed by atoms with Gasteiger partial charge in [-0.25, -0.2) is 0 Å². The molecule has 1 aliphatic rings. The van der Waals surface area contributed by atoms with Gasteiger partial charge in [0.25, 0.3) is 5.56 Å². The first-order valence-corrected chi connectivity index (χ1v) is 7.54. The molecular formula is C16H20N4O3. The van der Waals surface area contributed by atoms with Crippen LogP contribution in [-0.2, 0) is 23.6 Å². The lowest BCUT2D eigenvalue weighted by Crippen LogP contribution is -2.27. The van der Waals surface area contributed by atoms with Crippen molar-refractivity contribution in [2.45, 2.75) is 19.4 Å². The van der Waals surface area contributed by atoms with Crippen LogP contribution in [0.4, 0.5) is 5.69 Å². The summed E-state index contributed by atoms with van der Waals surface area (Å²) < 4.78 is 8.88. The van der Waals surface area contributed by atoms with Crippen molar-refractivity contribution in [2.24, 2.45) is 20.0 Å². The van der Waals surface area contributed by atoms with Gasteiger partial charge in [0.2, 0.25) is 5.91 Å². The Morgan fingerprint density at radius 2 is 2.17 bits per heavy atom. The molecule has 0 aliphatic carbocycles. The highest BCUT2D eigenvalue weighted by atomic mass is 16.5. The van der Waals surface area contributed by atoms with Gasteiger partial charge in [0.05, 0.1) is 23.9 Å². The predicted octanol–water partition coefficient (Wildman–Crippen LogP) is 1.14. The molecule has 2 atom stereocenters. The Kier molecular flexibility index (Phi) is 4.04. The number of hydrogen-bond acceptors (Lipinski definition) is 4. The van der Waals surface area contributed by atoms with E-state index >= 15 is 0 Å². The Morgan fingerprint density at radius 1 is 1.39 bits per heavy atom. The zero-order valence-electron chi connectivity index (χ0n) is 13.4. The number of amides is 1. The van der Waals surface area contributed by atoms with Crippen LogP contribution in [-0.4, -0.2) is 26.9 Å².